The van der Waals surface area contributed by atoms with Crippen LogP contribution in [0.15, 0.2) is 430 Å². The highest BCUT2D eigenvalue weighted by molar-refractivity contribution is 6.16. The number of hydrogen-bond acceptors (Lipinski definition) is 6. The van der Waals surface area contributed by atoms with Crippen LogP contribution in [0.1, 0.15) is 0 Å². The highest BCUT2D eigenvalue weighted by atomic mass is 16.3. The molecule has 0 spiro atoms. The summed E-state index contributed by atoms with van der Waals surface area (Å²) >= 11 is 0. The number of nitrogens with zero attached hydrogens (tertiary/aromatic N) is 2. The number of fused-ring (bicyclic) bond motifs is 14. The van der Waals surface area contributed by atoms with Crippen molar-refractivity contribution in [2.75, 3.05) is 9.80 Å². The van der Waals surface area contributed by atoms with Crippen LogP contribution in [-0.2, 0) is 0 Å². The van der Waals surface area contributed by atoms with E-state index in [1.807, 2.05) is 30.3 Å². The van der Waals surface area contributed by atoms with Crippen LogP contribution < -0.4 is 9.80 Å². The standard InChI is InChI=1S/C110H68N2O4/c1-2-16-77-63-78(38-35-69(77)15-1)73-43-54-86(55-44-73)112(88-58-47-75(48-59-88)82-51-62-105-98(67-82)92-20-6-11-27-102(92)114-105)100-25-9-4-18-90(100)94-23-14-30-107-110(94)96-60-49-83(68-108(96)116-107)80-40-37-76-36-39-79(64-84(76)65-80)72-33-31-70(32-34-72)71-41-52-85(53-42-71)111(87-56-45-74(46-57-87)81-50-61-104-97(66-81)91-19-5-10-26-101(91)113-104)99-24-8-3-17-89(99)93-22-13-29-106-109(93)95-21-7-12-28-103(95)115-106/h1-68H. The Morgan fingerprint density at radius 3 is 0.914 bits per heavy atom. The molecule has 23 aromatic rings. The number of furan rings is 4. The first-order chi connectivity index (χ1) is 57.4. The molecule has 0 saturated carbocycles. The van der Waals surface area contributed by atoms with Crippen LogP contribution in [0.5, 0.6) is 0 Å². The van der Waals surface area contributed by atoms with E-state index >= 15 is 0 Å². The molecule has 0 N–H and O–H groups in total. The smallest absolute Gasteiger partial charge is 0.136 e. The number of anilines is 6. The van der Waals surface area contributed by atoms with E-state index in [0.29, 0.717) is 0 Å². The summed E-state index contributed by atoms with van der Waals surface area (Å²) in [6.45, 7) is 0. The molecule has 0 aliphatic rings. The summed E-state index contributed by atoms with van der Waals surface area (Å²) in [6, 6.07) is 149. The second-order valence-corrected chi connectivity index (χ2v) is 30.2. The number of hydrogen-bond donors (Lipinski definition) is 0. The molecule has 0 saturated heterocycles. The summed E-state index contributed by atoms with van der Waals surface area (Å²) in [4.78, 5) is 4.78. The zero-order chi connectivity index (χ0) is 76.3. The largest absolute Gasteiger partial charge is 0.456 e. The van der Waals surface area contributed by atoms with Gasteiger partial charge in [-0.1, -0.05) is 267 Å². The molecular formula is C110H68N2O4. The Hall–Kier alpha value is -15.5. The van der Waals surface area contributed by atoms with E-state index in [2.05, 4.69) is 392 Å². The van der Waals surface area contributed by atoms with Crippen molar-refractivity contribution in [3.8, 4) is 89.0 Å². The fraction of sp³-hybridized carbons (Fsp3) is 0. The van der Waals surface area contributed by atoms with Crippen LogP contribution >= 0.6 is 0 Å². The Morgan fingerprint density at radius 1 is 0.147 bits per heavy atom. The van der Waals surface area contributed by atoms with Crippen molar-refractivity contribution in [2.24, 2.45) is 0 Å². The molecule has 0 amide bonds. The van der Waals surface area contributed by atoms with Crippen molar-refractivity contribution in [1.82, 2.24) is 0 Å². The molecule has 0 aliphatic carbocycles. The van der Waals surface area contributed by atoms with Gasteiger partial charge in [-0.15, -0.1) is 0 Å². The summed E-state index contributed by atoms with van der Waals surface area (Å²) < 4.78 is 25.9. The summed E-state index contributed by atoms with van der Waals surface area (Å²) in [5.74, 6) is 0. The SMILES string of the molecule is c1ccc(N(c2ccc(-c3ccc(-c4ccc5ccc(-c6ccc7c(c6)oc6cccc(-c8ccccc8N(c8ccc(-c9ccc%10ccccc%10c9)cc8)c8ccc(-c9ccc%10oc%11ccccc%11c%10c9)cc8)c67)cc5c4)cc3)cc2)c2ccc(-c3ccc4oc5ccccc5c4c3)cc2)c(-c2cccc3oc4ccccc4c23)c1. The second kappa shape index (κ2) is 27.2. The lowest BCUT2D eigenvalue weighted by atomic mass is 9.95. The number of benzene rings is 19. The zero-order valence-electron chi connectivity index (χ0n) is 62.8. The minimum Gasteiger partial charge on any atom is -0.456 e. The minimum absolute atomic E-state index is 0.833. The van der Waals surface area contributed by atoms with Crippen molar-refractivity contribution < 1.29 is 17.7 Å². The van der Waals surface area contributed by atoms with Gasteiger partial charge in [0.15, 0.2) is 0 Å². The Kier molecular flexibility index (Phi) is 15.5. The van der Waals surface area contributed by atoms with Gasteiger partial charge in [-0.3, -0.25) is 0 Å². The van der Waals surface area contributed by atoms with Gasteiger partial charge in [-0.2, -0.15) is 0 Å². The number of rotatable bonds is 14. The third-order valence-electron chi connectivity index (χ3n) is 23.5. The van der Waals surface area contributed by atoms with Crippen molar-refractivity contribution >= 4 is 143 Å². The molecular weight excluding hydrogens is 1410 g/mol. The van der Waals surface area contributed by atoms with Crippen molar-refractivity contribution in [1.29, 1.82) is 0 Å². The lowest BCUT2D eigenvalue weighted by molar-refractivity contribution is 0.668. The fourth-order valence-electron chi connectivity index (χ4n) is 17.7. The van der Waals surface area contributed by atoms with Crippen LogP contribution in [0.25, 0.3) is 198 Å². The third-order valence-corrected chi connectivity index (χ3v) is 23.5. The van der Waals surface area contributed by atoms with Crippen LogP contribution in [0, 0.1) is 0 Å². The molecule has 4 aromatic heterocycles. The topological polar surface area (TPSA) is 59.0 Å². The maximum Gasteiger partial charge on any atom is 0.136 e. The molecule has 6 nitrogen and oxygen atoms in total. The quantitative estimate of drug-likeness (QED) is 0.108. The summed E-state index contributed by atoms with van der Waals surface area (Å²) in [6.07, 6.45) is 0. The molecule has 0 fully saturated rings. The molecule has 6 heteroatoms. The van der Waals surface area contributed by atoms with Crippen LogP contribution in [0.3, 0.4) is 0 Å². The Balaban J connectivity index is 0.547. The summed E-state index contributed by atoms with van der Waals surface area (Å²) in [7, 11) is 0. The van der Waals surface area contributed by atoms with Gasteiger partial charge < -0.3 is 27.5 Å². The average molecular weight is 1480 g/mol. The molecule has 0 aliphatic heterocycles. The first-order valence-electron chi connectivity index (χ1n) is 39.5. The maximum absolute atomic E-state index is 6.93. The Labute approximate surface area is 668 Å². The molecule has 0 unspecified atom stereocenters. The van der Waals surface area contributed by atoms with Gasteiger partial charge in [-0.25, -0.2) is 0 Å². The van der Waals surface area contributed by atoms with E-state index < -0.39 is 0 Å². The van der Waals surface area contributed by atoms with Gasteiger partial charge in [0.1, 0.15) is 44.7 Å². The Morgan fingerprint density at radius 2 is 0.431 bits per heavy atom. The Bertz CT molecular complexity index is 7820. The molecule has 0 atom stereocenters. The predicted molar refractivity (Wildman–Crippen MR) is 483 cm³/mol. The van der Waals surface area contributed by atoms with Gasteiger partial charge in [-0.05, 0) is 245 Å². The molecule has 23 rings (SSSR count). The first-order valence-corrected chi connectivity index (χ1v) is 39.5. The van der Waals surface area contributed by atoms with E-state index in [4.69, 9.17) is 17.7 Å². The highest BCUT2D eigenvalue weighted by Gasteiger charge is 2.25. The zero-order valence-corrected chi connectivity index (χ0v) is 62.8. The van der Waals surface area contributed by atoms with Gasteiger partial charge in [0, 0.05) is 77.0 Å². The van der Waals surface area contributed by atoms with E-state index in [9.17, 15) is 0 Å². The summed E-state index contributed by atoms with van der Waals surface area (Å²) in [5.41, 5.74) is 31.2. The molecule has 0 bridgehead atoms. The monoisotopic (exact) mass is 1480 g/mol. The van der Waals surface area contributed by atoms with Crippen LogP contribution in [0.4, 0.5) is 34.1 Å². The molecule has 4 heterocycles. The van der Waals surface area contributed by atoms with E-state index in [1.54, 1.807) is 0 Å². The highest BCUT2D eigenvalue weighted by Crippen LogP contribution is 2.50. The molecule has 116 heavy (non-hydrogen) atoms. The molecule has 0 radical (unpaired) electrons. The predicted octanol–water partition coefficient (Wildman–Crippen LogP) is 31.9. The van der Waals surface area contributed by atoms with Crippen LogP contribution in [-0.4, -0.2) is 0 Å². The first kappa shape index (κ1) is 66.3. The lowest BCUT2D eigenvalue weighted by Gasteiger charge is -2.28. The maximum atomic E-state index is 6.93. The van der Waals surface area contributed by atoms with Gasteiger partial charge in [0.05, 0.1) is 11.4 Å². The third kappa shape index (κ3) is 11.4. The fourth-order valence-corrected chi connectivity index (χ4v) is 17.7. The average Bonchev–Trinajstić information content (AvgIpc) is 1.53. The van der Waals surface area contributed by atoms with Gasteiger partial charge in [0.2, 0.25) is 0 Å². The van der Waals surface area contributed by atoms with E-state index in [-0.39, 0.29) is 0 Å². The van der Waals surface area contributed by atoms with Crippen molar-refractivity contribution in [2.45, 2.75) is 0 Å². The minimum atomic E-state index is 0.833. The summed E-state index contributed by atoms with van der Waals surface area (Å²) in [5, 5.41) is 13.6. The normalized spacial score (nSPS) is 11.8. The van der Waals surface area contributed by atoms with Crippen molar-refractivity contribution in [3.63, 3.8) is 0 Å². The lowest BCUT2D eigenvalue weighted by Crippen LogP contribution is -2.11. The van der Waals surface area contributed by atoms with Gasteiger partial charge >= 0.3 is 0 Å². The van der Waals surface area contributed by atoms with E-state index in [1.165, 1.54) is 21.7 Å². The van der Waals surface area contributed by atoms with Gasteiger partial charge in [0.25, 0.3) is 0 Å². The molecule has 19 aromatic carbocycles. The molecule has 542 valence electrons. The van der Waals surface area contributed by atoms with Crippen molar-refractivity contribution in [3.05, 3.63) is 413 Å². The second-order valence-electron chi connectivity index (χ2n) is 30.2. The van der Waals surface area contributed by atoms with Crippen LogP contribution in [0.2, 0.25) is 0 Å². The van der Waals surface area contributed by atoms with E-state index in [0.717, 1.165) is 211 Å². The number of para-hydroxylation sites is 5.